The molecular formula is C10H14F3N3S. The molecule has 7 heteroatoms. The molecular weight excluding hydrogens is 251 g/mol. The Morgan fingerprint density at radius 1 is 1.35 bits per heavy atom. The Kier molecular flexibility index (Phi) is 4.62. The molecule has 96 valence electrons. The highest BCUT2D eigenvalue weighted by Crippen LogP contribution is 2.31. The number of halogens is 3. The van der Waals surface area contributed by atoms with Crippen LogP contribution in [0.5, 0.6) is 0 Å². The SMILES string of the molecule is C/C=C\SCc1nnc(C(F)(F)F)n1C(C)C. The van der Waals surface area contributed by atoms with Crippen molar-refractivity contribution in [1.82, 2.24) is 14.8 Å². The highest BCUT2D eigenvalue weighted by atomic mass is 32.2. The molecule has 0 aromatic carbocycles. The van der Waals surface area contributed by atoms with Crippen molar-refractivity contribution in [2.45, 2.75) is 38.7 Å². The summed E-state index contributed by atoms with van der Waals surface area (Å²) in [6.07, 6.45) is -2.63. The molecule has 0 spiro atoms. The first-order valence-corrected chi connectivity index (χ1v) is 6.16. The fourth-order valence-corrected chi connectivity index (χ4v) is 2.01. The first-order valence-electron chi connectivity index (χ1n) is 5.11. The van der Waals surface area contributed by atoms with Crippen molar-refractivity contribution in [3.63, 3.8) is 0 Å². The minimum Gasteiger partial charge on any atom is -0.304 e. The predicted molar refractivity (Wildman–Crippen MR) is 61.5 cm³/mol. The second-order valence-corrected chi connectivity index (χ2v) is 4.58. The van der Waals surface area contributed by atoms with Crippen LogP contribution in [0, 0.1) is 0 Å². The van der Waals surface area contributed by atoms with E-state index >= 15 is 0 Å². The molecule has 17 heavy (non-hydrogen) atoms. The van der Waals surface area contributed by atoms with Gasteiger partial charge in [0.2, 0.25) is 5.82 Å². The van der Waals surface area contributed by atoms with E-state index in [9.17, 15) is 13.2 Å². The molecule has 0 bridgehead atoms. The number of allylic oxidation sites excluding steroid dienone is 1. The Hall–Kier alpha value is -0.980. The summed E-state index contributed by atoms with van der Waals surface area (Å²) in [5.74, 6) is -0.204. The molecule has 0 aliphatic heterocycles. The maximum Gasteiger partial charge on any atom is 0.451 e. The van der Waals surface area contributed by atoms with E-state index in [0.717, 1.165) is 4.57 Å². The fraction of sp³-hybridized carbons (Fsp3) is 0.600. The summed E-state index contributed by atoms with van der Waals surface area (Å²) in [4.78, 5) is 0. The molecule has 0 aliphatic rings. The maximum absolute atomic E-state index is 12.7. The van der Waals surface area contributed by atoms with Gasteiger partial charge in [-0.15, -0.1) is 22.0 Å². The standard InChI is InChI=1S/C10H14F3N3S/c1-4-5-17-6-8-14-15-9(10(11,12)13)16(8)7(2)3/h4-5,7H,6H2,1-3H3/b5-4-. The Morgan fingerprint density at radius 3 is 2.47 bits per heavy atom. The van der Waals surface area contributed by atoms with E-state index in [4.69, 9.17) is 0 Å². The average Bonchev–Trinajstić information content (AvgIpc) is 2.61. The summed E-state index contributed by atoms with van der Waals surface area (Å²) < 4.78 is 39.1. The van der Waals surface area contributed by atoms with Crippen LogP contribution in [0.15, 0.2) is 11.5 Å². The number of hydrogen-bond donors (Lipinski definition) is 0. The Balaban J connectivity index is 3.03. The van der Waals surface area contributed by atoms with Crippen molar-refractivity contribution in [2.24, 2.45) is 0 Å². The molecule has 0 saturated carbocycles. The monoisotopic (exact) mass is 265 g/mol. The topological polar surface area (TPSA) is 30.7 Å². The van der Waals surface area contributed by atoms with Gasteiger partial charge in [0.15, 0.2) is 0 Å². The minimum absolute atomic E-state index is 0.317. The van der Waals surface area contributed by atoms with Gasteiger partial charge in [0.25, 0.3) is 0 Å². The molecule has 0 saturated heterocycles. The van der Waals surface area contributed by atoms with Gasteiger partial charge in [0.05, 0.1) is 5.75 Å². The second-order valence-electron chi connectivity index (χ2n) is 3.68. The molecule has 0 fully saturated rings. The van der Waals surface area contributed by atoms with Crippen molar-refractivity contribution in [3.05, 3.63) is 23.1 Å². The molecule has 3 nitrogen and oxygen atoms in total. The molecule has 1 aromatic heterocycles. The number of nitrogens with zero attached hydrogens (tertiary/aromatic N) is 3. The quantitative estimate of drug-likeness (QED) is 0.832. The smallest absolute Gasteiger partial charge is 0.304 e. The molecule has 0 radical (unpaired) electrons. The van der Waals surface area contributed by atoms with Crippen molar-refractivity contribution < 1.29 is 13.2 Å². The highest BCUT2D eigenvalue weighted by Gasteiger charge is 2.38. The van der Waals surface area contributed by atoms with Crippen LogP contribution in [0.2, 0.25) is 0 Å². The number of rotatable bonds is 4. The van der Waals surface area contributed by atoms with Crippen LogP contribution in [0.4, 0.5) is 13.2 Å². The van der Waals surface area contributed by atoms with Crippen LogP contribution in [0.3, 0.4) is 0 Å². The van der Waals surface area contributed by atoms with Gasteiger partial charge in [-0.3, -0.25) is 0 Å². The lowest BCUT2D eigenvalue weighted by Crippen LogP contribution is -2.18. The zero-order valence-corrected chi connectivity index (χ0v) is 10.6. The summed E-state index contributed by atoms with van der Waals surface area (Å²) in [6.45, 7) is 5.21. The number of aromatic nitrogens is 3. The van der Waals surface area contributed by atoms with Gasteiger partial charge in [-0.25, -0.2) is 0 Å². The summed E-state index contributed by atoms with van der Waals surface area (Å²) in [7, 11) is 0. The molecule has 0 unspecified atom stereocenters. The van der Waals surface area contributed by atoms with Gasteiger partial charge >= 0.3 is 6.18 Å². The molecule has 1 aromatic rings. The zero-order chi connectivity index (χ0) is 13.1. The van der Waals surface area contributed by atoms with E-state index in [1.165, 1.54) is 11.8 Å². The van der Waals surface area contributed by atoms with Gasteiger partial charge in [0, 0.05) is 6.04 Å². The van der Waals surface area contributed by atoms with Crippen LogP contribution in [-0.4, -0.2) is 14.8 Å². The Labute approximate surface area is 102 Å². The molecule has 0 N–H and O–H groups in total. The maximum atomic E-state index is 12.7. The van der Waals surface area contributed by atoms with Gasteiger partial charge in [-0.05, 0) is 26.2 Å². The van der Waals surface area contributed by atoms with Gasteiger partial charge in [0.1, 0.15) is 5.82 Å². The van der Waals surface area contributed by atoms with E-state index in [1.54, 1.807) is 13.8 Å². The third kappa shape index (κ3) is 3.49. The average molecular weight is 265 g/mol. The van der Waals surface area contributed by atoms with Crippen LogP contribution in [-0.2, 0) is 11.9 Å². The van der Waals surface area contributed by atoms with E-state index in [0.29, 0.717) is 11.6 Å². The minimum atomic E-state index is -4.46. The van der Waals surface area contributed by atoms with Crippen molar-refractivity contribution in [2.75, 3.05) is 0 Å². The third-order valence-corrected chi connectivity index (χ3v) is 2.87. The van der Waals surface area contributed by atoms with Gasteiger partial charge in [-0.2, -0.15) is 13.2 Å². The molecule has 1 heterocycles. The molecule has 0 aliphatic carbocycles. The Bertz CT molecular complexity index is 396. The predicted octanol–water partition coefficient (Wildman–Crippen LogP) is 3.64. The van der Waals surface area contributed by atoms with Crippen LogP contribution < -0.4 is 0 Å². The molecule has 1 rings (SSSR count). The van der Waals surface area contributed by atoms with Crippen molar-refractivity contribution in [3.8, 4) is 0 Å². The largest absolute Gasteiger partial charge is 0.451 e. The van der Waals surface area contributed by atoms with Crippen LogP contribution in [0.1, 0.15) is 38.5 Å². The van der Waals surface area contributed by atoms with Crippen LogP contribution in [0.25, 0.3) is 0 Å². The number of hydrogen-bond acceptors (Lipinski definition) is 3. The van der Waals surface area contributed by atoms with E-state index in [-0.39, 0.29) is 6.04 Å². The zero-order valence-electron chi connectivity index (χ0n) is 9.82. The van der Waals surface area contributed by atoms with E-state index < -0.39 is 12.0 Å². The van der Waals surface area contributed by atoms with Gasteiger partial charge in [-0.1, -0.05) is 6.08 Å². The van der Waals surface area contributed by atoms with Crippen LogP contribution >= 0.6 is 11.8 Å². The summed E-state index contributed by atoms with van der Waals surface area (Å²) in [5, 5.41) is 8.66. The van der Waals surface area contributed by atoms with Gasteiger partial charge < -0.3 is 4.57 Å². The van der Waals surface area contributed by atoms with E-state index in [2.05, 4.69) is 10.2 Å². The molecule has 0 atom stereocenters. The Morgan fingerprint density at radius 2 is 2.00 bits per heavy atom. The third-order valence-electron chi connectivity index (χ3n) is 1.98. The number of thioether (sulfide) groups is 1. The summed E-state index contributed by atoms with van der Waals surface area (Å²) >= 11 is 1.39. The fourth-order valence-electron chi connectivity index (χ4n) is 1.38. The lowest BCUT2D eigenvalue weighted by molar-refractivity contribution is -0.148. The first kappa shape index (κ1) is 14.1. The second kappa shape index (κ2) is 5.57. The normalized spacial score (nSPS) is 12.9. The summed E-state index contributed by atoms with van der Waals surface area (Å²) in [5.41, 5.74) is 0. The van der Waals surface area contributed by atoms with E-state index in [1.807, 2.05) is 18.4 Å². The van der Waals surface area contributed by atoms with Crippen molar-refractivity contribution >= 4 is 11.8 Å². The lowest BCUT2D eigenvalue weighted by atomic mass is 10.3. The first-order chi connectivity index (χ1) is 7.88. The molecule has 0 amide bonds. The van der Waals surface area contributed by atoms with Crippen molar-refractivity contribution in [1.29, 1.82) is 0 Å². The highest BCUT2D eigenvalue weighted by molar-refractivity contribution is 8.01. The lowest BCUT2D eigenvalue weighted by Gasteiger charge is -2.14. The summed E-state index contributed by atoms with van der Waals surface area (Å²) in [6, 6.07) is -0.317. The number of alkyl halides is 3.